The summed E-state index contributed by atoms with van der Waals surface area (Å²) in [6, 6.07) is 0. The zero-order valence-electron chi connectivity index (χ0n) is 10.1. The number of ether oxygens (including phenoxy) is 1. The first-order chi connectivity index (χ1) is 8.24. The van der Waals surface area contributed by atoms with E-state index in [1.807, 2.05) is 0 Å². The topological polar surface area (TPSA) is 79.8 Å². The van der Waals surface area contributed by atoms with E-state index in [4.69, 9.17) is 4.74 Å². The van der Waals surface area contributed by atoms with Crippen LogP contribution in [0.1, 0.15) is 32.1 Å². The number of hydrazone groups is 1. The Hall–Kier alpha value is -1.43. The van der Waals surface area contributed by atoms with Crippen molar-refractivity contribution in [1.29, 1.82) is 0 Å². The van der Waals surface area contributed by atoms with Crippen molar-refractivity contribution in [1.82, 2.24) is 10.7 Å². The molecule has 0 heterocycles. The molecule has 0 unspecified atom stereocenters. The highest BCUT2D eigenvalue weighted by Gasteiger charge is 2.13. The molecule has 0 atom stereocenters. The minimum Gasteiger partial charge on any atom is -0.383 e. The van der Waals surface area contributed by atoms with E-state index in [9.17, 15) is 9.59 Å². The molecule has 2 N–H and O–H groups in total. The maximum absolute atomic E-state index is 11.3. The second kappa shape index (κ2) is 7.78. The van der Waals surface area contributed by atoms with Crippen LogP contribution in [-0.4, -0.2) is 37.8 Å². The molecule has 1 aliphatic carbocycles. The van der Waals surface area contributed by atoms with Crippen LogP contribution in [0.25, 0.3) is 0 Å². The second-order valence-electron chi connectivity index (χ2n) is 3.93. The Balaban J connectivity index is 2.25. The Bertz CT molecular complexity index is 294. The molecule has 0 bridgehead atoms. The fourth-order valence-corrected chi connectivity index (χ4v) is 1.60. The van der Waals surface area contributed by atoms with E-state index in [1.54, 1.807) is 0 Å². The van der Waals surface area contributed by atoms with Gasteiger partial charge < -0.3 is 10.1 Å². The van der Waals surface area contributed by atoms with Crippen molar-refractivity contribution in [3.63, 3.8) is 0 Å². The van der Waals surface area contributed by atoms with E-state index >= 15 is 0 Å². The Morgan fingerprint density at radius 3 is 2.59 bits per heavy atom. The first-order valence-corrected chi connectivity index (χ1v) is 5.86. The maximum atomic E-state index is 11.3. The van der Waals surface area contributed by atoms with Gasteiger partial charge in [-0.15, -0.1) is 0 Å². The van der Waals surface area contributed by atoms with Gasteiger partial charge in [-0.3, -0.25) is 9.59 Å². The Labute approximate surface area is 101 Å². The normalized spacial score (nSPS) is 15.2. The van der Waals surface area contributed by atoms with Gasteiger partial charge in [-0.1, -0.05) is 6.42 Å². The van der Waals surface area contributed by atoms with E-state index in [0.717, 1.165) is 31.4 Å². The average molecular weight is 241 g/mol. The third-order valence-electron chi connectivity index (χ3n) is 2.54. The zero-order valence-corrected chi connectivity index (χ0v) is 10.1. The summed E-state index contributed by atoms with van der Waals surface area (Å²) in [4.78, 5) is 22.6. The minimum absolute atomic E-state index is 0.319. The van der Waals surface area contributed by atoms with Gasteiger partial charge in [-0.25, -0.2) is 5.43 Å². The molecule has 1 fully saturated rings. The molecule has 2 amide bonds. The molecule has 96 valence electrons. The van der Waals surface area contributed by atoms with Crippen LogP contribution in [0.3, 0.4) is 0 Å². The van der Waals surface area contributed by atoms with Crippen molar-refractivity contribution in [3.05, 3.63) is 0 Å². The van der Waals surface area contributed by atoms with Gasteiger partial charge in [0.1, 0.15) is 0 Å². The van der Waals surface area contributed by atoms with Gasteiger partial charge in [0.2, 0.25) is 0 Å². The monoisotopic (exact) mass is 241 g/mol. The first-order valence-electron chi connectivity index (χ1n) is 5.86. The molecule has 0 aromatic heterocycles. The van der Waals surface area contributed by atoms with E-state index in [-0.39, 0.29) is 0 Å². The van der Waals surface area contributed by atoms with Crippen LogP contribution in [-0.2, 0) is 14.3 Å². The van der Waals surface area contributed by atoms with Crippen molar-refractivity contribution in [2.24, 2.45) is 5.10 Å². The summed E-state index contributed by atoms with van der Waals surface area (Å²) in [5.41, 5.74) is 3.24. The van der Waals surface area contributed by atoms with Crippen molar-refractivity contribution < 1.29 is 14.3 Å². The fraction of sp³-hybridized carbons (Fsp3) is 0.727. The number of methoxy groups -OCH3 is 1. The smallest absolute Gasteiger partial charge is 0.329 e. The predicted octanol–water partition coefficient (Wildman–Crippen LogP) is 0.185. The van der Waals surface area contributed by atoms with Crippen LogP contribution in [0, 0.1) is 0 Å². The van der Waals surface area contributed by atoms with Crippen molar-refractivity contribution in [3.8, 4) is 0 Å². The van der Waals surface area contributed by atoms with Gasteiger partial charge in [0.05, 0.1) is 6.61 Å². The Kier molecular flexibility index (Phi) is 6.24. The number of hydrogen-bond acceptors (Lipinski definition) is 4. The number of carbonyl (C=O) groups excluding carboxylic acids is 2. The molecule has 0 aliphatic heterocycles. The van der Waals surface area contributed by atoms with E-state index in [1.165, 1.54) is 13.5 Å². The second-order valence-corrected chi connectivity index (χ2v) is 3.93. The molecule has 0 radical (unpaired) electrons. The molecule has 0 spiro atoms. The van der Waals surface area contributed by atoms with Crippen LogP contribution in [0.15, 0.2) is 5.10 Å². The number of nitrogens with zero attached hydrogens (tertiary/aromatic N) is 1. The molecule has 0 aromatic carbocycles. The average Bonchev–Trinajstić information content (AvgIpc) is 2.37. The summed E-state index contributed by atoms with van der Waals surface area (Å²) in [5, 5.41) is 6.38. The molecule has 0 saturated heterocycles. The SMILES string of the molecule is COCCNC(=O)C(=O)NN=C1CCCCC1. The van der Waals surface area contributed by atoms with Gasteiger partial charge >= 0.3 is 11.8 Å². The summed E-state index contributed by atoms with van der Waals surface area (Å²) in [6.45, 7) is 0.701. The maximum Gasteiger partial charge on any atom is 0.329 e. The molecule has 1 rings (SSSR count). The lowest BCUT2D eigenvalue weighted by atomic mass is 9.99. The van der Waals surface area contributed by atoms with Crippen LogP contribution in [0.5, 0.6) is 0 Å². The van der Waals surface area contributed by atoms with Crippen molar-refractivity contribution in [2.75, 3.05) is 20.3 Å². The van der Waals surface area contributed by atoms with Crippen LogP contribution >= 0.6 is 0 Å². The Morgan fingerprint density at radius 2 is 1.94 bits per heavy atom. The van der Waals surface area contributed by atoms with Gasteiger partial charge in [0, 0.05) is 19.4 Å². The summed E-state index contributed by atoms with van der Waals surface area (Å²) >= 11 is 0. The van der Waals surface area contributed by atoms with E-state index in [2.05, 4.69) is 15.8 Å². The number of nitrogens with one attached hydrogen (secondary N) is 2. The molecule has 1 saturated carbocycles. The fourth-order valence-electron chi connectivity index (χ4n) is 1.60. The molecule has 6 nitrogen and oxygen atoms in total. The predicted molar refractivity (Wildman–Crippen MR) is 63.5 cm³/mol. The summed E-state index contributed by atoms with van der Waals surface area (Å²) in [5.74, 6) is -1.40. The molecule has 0 aromatic rings. The van der Waals surface area contributed by atoms with Gasteiger partial charge in [0.15, 0.2) is 0 Å². The lowest BCUT2D eigenvalue weighted by molar-refractivity contribution is -0.139. The molecule has 17 heavy (non-hydrogen) atoms. The Morgan fingerprint density at radius 1 is 1.24 bits per heavy atom. The standard InChI is InChI=1S/C11H19N3O3/c1-17-8-7-12-10(15)11(16)14-13-9-5-3-2-4-6-9/h2-8H2,1H3,(H,12,15)(H,14,16). The number of hydrogen-bond donors (Lipinski definition) is 2. The van der Waals surface area contributed by atoms with Crippen molar-refractivity contribution >= 4 is 17.5 Å². The van der Waals surface area contributed by atoms with Gasteiger partial charge in [0.25, 0.3) is 0 Å². The van der Waals surface area contributed by atoms with E-state index < -0.39 is 11.8 Å². The highest BCUT2D eigenvalue weighted by molar-refractivity contribution is 6.35. The minimum atomic E-state index is -0.723. The lowest BCUT2D eigenvalue weighted by Crippen LogP contribution is -2.39. The first kappa shape index (κ1) is 13.6. The molecule has 6 heteroatoms. The van der Waals surface area contributed by atoms with Crippen LogP contribution in [0.2, 0.25) is 0 Å². The summed E-state index contributed by atoms with van der Waals surface area (Å²) in [7, 11) is 1.53. The third-order valence-corrected chi connectivity index (χ3v) is 2.54. The van der Waals surface area contributed by atoms with Gasteiger partial charge in [-0.2, -0.15) is 5.10 Å². The molecular formula is C11H19N3O3. The molecular weight excluding hydrogens is 222 g/mol. The van der Waals surface area contributed by atoms with E-state index in [0.29, 0.717) is 13.2 Å². The van der Waals surface area contributed by atoms with Crippen molar-refractivity contribution in [2.45, 2.75) is 32.1 Å². The van der Waals surface area contributed by atoms with Crippen LogP contribution < -0.4 is 10.7 Å². The largest absolute Gasteiger partial charge is 0.383 e. The van der Waals surface area contributed by atoms with Crippen LogP contribution in [0.4, 0.5) is 0 Å². The molecule has 1 aliphatic rings. The summed E-state index contributed by atoms with van der Waals surface area (Å²) < 4.78 is 4.75. The third kappa shape index (κ3) is 5.44. The number of rotatable bonds is 4. The van der Waals surface area contributed by atoms with Gasteiger partial charge in [-0.05, 0) is 25.7 Å². The number of carbonyl (C=O) groups is 2. The quantitative estimate of drug-likeness (QED) is 0.419. The highest BCUT2D eigenvalue weighted by atomic mass is 16.5. The zero-order chi connectivity index (χ0) is 12.5. The lowest BCUT2D eigenvalue weighted by Gasteiger charge is -2.11. The summed E-state index contributed by atoms with van der Waals surface area (Å²) in [6.07, 6.45) is 5.24. The highest BCUT2D eigenvalue weighted by Crippen LogP contribution is 2.13. The number of amides is 2.